The monoisotopic (exact) mass is 455 g/mol. The summed E-state index contributed by atoms with van der Waals surface area (Å²) in [5.41, 5.74) is -0.812. The molecule has 164 valence electrons. The van der Waals surface area contributed by atoms with Crippen LogP contribution in [0, 0.1) is 17.1 Å². The van der Waals surface area contributed by atoms with E-state index in [1.807, 2.05) is 0 Å². The SMILES string of the molecule is Cn1cc2c(c1C(=O)Nc1ccc(F)c(C#N)c1)OCC(C)(c1ccccn1)NS2(=O)=O. The van der Waals surface area contributed by atoms with Crippen molar-refractivity contribution in [2.24, 2.45) is 7.05 Å². The smallest absolute Gasteiger partial charge is 0.276 e. The molecule has 0 spiro atoms. The van der Waals surface area contributed by atoms with Crippen molar-refractivity contribution in [3.63, 3.8) is 0 Å². The van der Waals surface area contributed by atoms with Crippen LogP contribution in [0.15, 0.2) is 53.7 Å². The second-order valence-corrected chi connectivity index (χ2v) is 9.13. The van der Waals surface area contributed by atoms with Gasteiger partial charge < -0.3 is 14.6 Å². The normalized spacial score (nSPS) is 19.2. The van der Waals surface area contributed by atoms with Crippen molar-refractivity contribution < 1.29 is 22.3 Å². The van der Waals surface area contributed by atoms with Crippen LogP contribution in [-0.4, -0.2) is 30.5 Å². The van der Waals surface area contributed by atoms with E-state index in [2.05, 4.69) is 15.0 Å². The van der Waals surface area contributed by atoms with Gasteiger partial charge >= 0.3 is 0 Å². The first-order valence-corrected chi connectivity index (χ1v) is 10.9. The fourth-order valence-corrected chi connectivity index (χ4v) is 5.03. The van der Waals surface area contributed by atoms with Gasteiger partial charge in [-0.1, -0.05) is 6.07 Å². The van der Waals surface area contributed by atoms with Gasteiger partial charge in [-0.05, 0) is 37.3 Å². The molecule has 1 aliphatic rings. The third-order valence-corrected chi connectivity index (χ3v) is 6.64. The first-order valence-electron chi connectivity index (χ1n) is 9.43. The van der Waals surface area contributed by atoms with Crippen molar-refractivity contribution in [2.45, 2.75) is 17.4 Å². The number of anilines is 1. The minimum absolute atomic E-state index is 0.0431. The summed E-state index contributed by atoms with van der Waals surface area (Å²) in [6, 6.07) is 10.4. The summed E-state index contributed by atoms with van der Waals surface area (Å²) in [5, 5.41) is 11.5. The number of halogens is 1. The summed E-state index contributed by atoms with van der Waals surface area (Å²) in [5.74, 6) is -1.51. The number of nitrogens with one attached hydrogen (secondary N) is 2. The molecule has 2 aromatic heterocycles. The Bertz CT molecular complexity index is 1360. The second-order valence-electron chi connectivity index (χ2n) is 7.48. The Morgan fingerprint density at radius 1 is 1.38 bits per heavy atom. The maximum Gasteiger partial charge on any atom is 0.276 e. The third-order valence-electron chi connectivity index (χ3n) is 5.05. The van der Waals surface area contributed by atoms with Gasteiger partial charge in [0.15, 0.2) is 11.4 Å². The molecule has 1 atom stereocenters. The predicted octanol–water partition coefficient (Wildman–Crippen LogP) is 2.27. The molecule has 0 bridgehead atoms. The molecule has 1 aliphatic heterocycles. The number of sulfonamides is 1. The van der Waals surface area contributed by atoms with Crippen molar-refractivity contribution in [1.29, 1.82) is 5.26 Å². The van der Waals surface area contributed by atoms with Crippen LogP contribution in [0.2, 0.25) is 0 Å². The summed E-state index contributed by atoms with van der Waals surface area (Å²) in [6.45, 7) is 1.52. The lowest BCUT2D eigenvalue weighted by atomic mass is 10.00. The highest BCUT2D eigenvalue weighted by Gasteiger charge is 2.41. The number of pyridine rings is 1. The van der Waals surface area contributed by atoms with Gasteiger partial charge in [0, 0.05) is 25.1 Å². The first kappa shape index (κ1) is 21.5. The highest BCUT2D eigenvalue weighted by atomic mass is 32.2. The van der Waals surface area contributed by atoms with Gasteiger partial charge in [-0.3, -0.25) is 9.78 Å². The number of fused-ring (bicyclic) bond motifs is 1. The molecule has 3 heterocycles. The number of aromatic nitrogens is 2. The van der Waals surface area contributed by atoms with Gasteiger partial charge in [-0.25, -0.2) is 12.8 Å². The van der Waals surface area contributed by atoms with Gasteiger partial charge in [0.25, 0.3) is 5.91 Å². The van der Waals surface area contributed by atoms with Crippen LogP contribution in [0.1, 0.15) is 28.7 Å². The Morgan fingerprint density at radius 3 is 2.84 bits per heavy atom. The van der Waals surface area contributed by atoms with Gasteiger partial charge in [-0.15, -0.1) is 0 Å². The molecule has 3 aromatic rings. The number of nitrogens with zero attached hydrogens (tertiary/aromatic N) is 3. The highest BCUT2D eigenvalue weighted by Crippen LogP contribution is 2.36. The fourth-order valence-electron chi connectivity index (χ4n) is 3.46. The van der Waals surface area contributed by atoms with Gasteiger partial charge in [-0.2, -0.15) is 9.98 Å². The number of benzene rings is 1. The summed E-state index contributed by atoms with van der Waals surface area (Å²) < 4.78 is 49.6. The molecule has 2 N–H and O–H groups in total. The minimum atomic E-state index is -4.07. The lowest BCUT2D eigenvalue weighted by Crippen LogP contribution is -2.46. The largest absolute Gasteiger partial charge is 0.487 e. The zero-order valence-electron chi connectivity index (χ0n) is 17.1. The molecule has 1 unspecified atom stereocenters. The average molecular weight is 455 g/mol. The molecule has 4 rings (SSSR count). The Kier molecular flexibility index (Phi) is 5.20. The molecule has 0 saturated heterocycles. The van der Waals surface area contributed by atoms with Gasteiger partial charge in [0.2, 0.25) is 10.0 Å². The number of hydrogen-bond donors (Lipinski definition) is 2. The zero-order valence-corrected chi connectivity index (χ0v) is 17.9. The summed E-state index contributed by atoms with van der Waals surface area (Å²) in [7, 11) is -2.56. The molecule has 9 nitrogen and oxygen atoms in total. The van der Waals surface area contributed by atoms with Crippen molar-refractivity contribution in [3.8, 4) is 11.8 Å². The molecule has 0 aliphatic carbocycles. The number of carbonyl (C=O) groups excluding carboxylic acids is 1. The maximum atomic E-state index is 13.6. The van der Waals surface area contributed by atoms with E-state index in [9.17, 15) is 17.6 Å². The van der Waals surface area contributed by atoms with E-state index in [4.69, 9.17) is 10.00 Å². The van der Waals surface area contributed by atoms with E-state index in [0.29, 0.717) is 5.69 Å². The van der Waals surface area contributed by atoms with E-state index >= 15 is 0 Å². The third kappa shape index (κ3) is 3.70. The lowest BCUT2D eigenvalue weighted by Gasteiger charge is -2.27. The Hall–Kier alpha value is -3.75. The van der Waals surface area contributed by atoms with Crippen molar-refractivity contribution in [3.05, 3.63) is 71.6 Å². The van der Waals surface area contributed by atoms with Crippen LogP contribution in [0.25, 0.3) is 0 Å². The van der Waals surface area contributed by atoms with Crippen LogP contribution in [0.5, 0.6) is 5.75 Å². The molecule has 0 saturated carbocycles. The molecule has 11 heteroatoms. The number of aryl methyl sites for hydroxylation is 1. The number of rotatable bonds is 3. The van der Waals surface area contributed by atoms with E-state index in [-0.39, 0.29) is 34.2 Å². The Labute approximate surface area is 183 Å². The van der Waals surface area contributed by atoms with Crippen LogP contribution < -0.4 is 14.8 Å². The van der Waals surface area contributed by atoms with Crippen LogP contribution in [0.4, 0.5) is 10.1 Å². The Morgan fingerprint density at radius 2 is 2.16 bits per heavy atom. The van der Waals surface area contributed by atoms with Crippen LogP contribution >= 0.6 is 0 Å². The standard InChI is InChI=1S/C21H18FN5O4S/c1-21(17-5-3-4-8-24-17)12-31-19-16(32(29,30)26-21)11-27(2)18(19)20(28)25-14-6-7-15(22)13(9-14)10-23/h3-9,11,26H,12H2,1-2H3,(H,25,28). The molecule has 1 aromatic carbocycles. The molecule has 1 amide bonds. The second kappa shape index (κ2) is 7.74. The van der Waals surface area contributed by atoms with E-state index in [0.717, 1.165) is 6.07 Å². The predicted molar refractivity (Wildman–Crippen MR) is 112 cm³/mol. The minimum Gasteiger partial charge on any atom is -0.487 e. The topological polar surface area (TPSA) is 126 Å². The number of amides is 1. The fraction of sp³-hybridized carbons (Fsp3) is 0.190. The molecule has 32 heavy (non-hydrogen) atoms. The maximum absolute atomic E-state index is 13.6. The van der Waals surface area contributed by atoms with E-state index in [1.54, 1.807) is 37.4 Å². The summed E-state index contributed by atoms with van der Waals surface area (Å²) in [4.78, 5) is 17.0. The van der Waals surface area contributed by atoms with Crippen LogP contribution in [-0.2, 0) is 22.6 Å². The van der Waals surface area contributed by atoms with Gasteiger partial charge in [0.1, 0.15) is 28.9 Å². The number of nitriles is 1. The van der Waals surface area contributed by atoms with E-state index in [1.165, 1.54) is 29.9 Å². The first-order chi connectivity index (χ1) is 15.1. The summed E-state index contributed by atoms with van der Waals surface area (Å²) >= 11 is 0. The van der Waals surface area contributed by atoms with Crippen molar-refractivity contribution in [2.75, 3.05) is 11.9 Å². The highest BCUT2D eigenvalue weighted by molar-refractivity contribution is 7.89. The number of carbonyl (C=O) groups is 1. The average Bonchev–Trinajstić information content (AvgIpc) is 3.06. The van der Waals surface area contributed by atoms with Crippen LogP contribution in [0.3, 0.4) is 0 Å². The molecule has 0 fully saturated rings. The zero-order chi connectivity index (χ0) is 23.1. The summed E-state index contributed by atoms with van der Waals surface area (Å²) in [6.07, 6.45) is 2.83. The molecule has 0 radical (unpaired) electrons. The van der Waals surface area contributed by atoms with Crippen molar-refractivity contribution in [1.82, 2.24) is 14.3 Å². The molecular weight excluding hydrogens is 437 g/mol. The molecular formula is C21H18FN5O4S. The Balaban J connectivity index is 1.71. The van der Waals surface area contributed by atoms with Crippen molar-refractivity contribution >= 4 is 21.6 Å². The number of hydrogen-bond acceptors (Lipinski definition) is 6. The van der Waals surface area contributed by atoms with E-state index < -0.39 is 27.3 Å². The number of ether oxygens (including phenoxy) is 1. The van der Waals surface area contributed by atoms with Gasteiger partial charge in [0.05, 0.1) is 11.3 Å². The quantitative estimate of drug-likeness (QED) is 0.624. The lowest BCUT2D eigenvalue weighted by molar-refractivity contribution is 0.101.